The number of hydrogen-bond acceptors (Lipinski definition) is 3. The number of amides is 1. The van der Waals surface area contributed by atoms with Gasteiger partial charge in [-0.3, -0.25) is 4.79 Å². The lowest BCUT2D eigenvalue weighted by Crippen LogP contribution is -2.32. The van der Waals surface area contributed by atoms with Gasteiger partial charge in [-0.15, -0.1) is 10.2 Å². The molecule has 1 saturated heterocycles. The number of H-pyrrole nitrogens is 1. The summed E-state index contributed by atoms with van der Waals surface area (Å²) in [6.45, 7) is 5.94. The molecule has 0 radical (unpaired) electrons. The van der Waals surface area contributed by atoms with Crippen molar-refractivity contribution in [3.05, 3.63) is 46.7 Å². The fourth-order valence-electron chi connectivity index (χ4n) is 4.79. The summed E-state index contributed by atoms with van der Waals surface area (Å²) >= 11 is 0. The zero-order valence-corrected chi connectivity index (χ0v) is 16.7. The number of fused-ring (bicyclic) bond motifs is 2. The minimum Gasteiger partial charge on any atom is -0.358 e. The van der Waals surface area contributed by atoms with Gasteiger partial charge in [0.1, 0.15) is 5.82 Å². The molecule has 0 spiro atoms. The number of hydrogen-bond donors (Lipinski definition) is 1. The van der Waals surface area contributed by atoms with Crippen LogP contribution in [0.3, 0.4) is 0 Å². The average molecular weight is 377 g/mol. The van der Waals surface area contributed by atoms with Crippen LogP contribution in [0, 0.1) is 13.8 Å². The van der Waals surface area contributed by atoms with Gasteiger partial charge in [0.2, 0.25) is 0 Å². The molecule has 146 valence electrons. The van der Waals surface area contributed by atoms with Crippen molar-refractivity contribution in [3.8, 4) is 0 Å². The predicted octanol–water partition coefficient (Wildman–Crippen LogP) is 4.08. The van der Waals surface area contributed by atoms with Crippen molar-refractivity contribution in [2.24, 2.45) is 0 Å². The van der Waals surface area contributed by atoms with Gasteiger partial charge in [0.25, 0.3) is 5.91 Å². The van der Waals surface area contributed by atoms with Crippen molar-refractivity contribution >= 4 is 16.8 Å². The number of benzene rings is 1. The first-order chi connectivity index (χ1) is 13.6. The van der Waals surface area contributed by atoms with Crippen molar-refractivity contribution in [2.45, 2.75) is 65.0 Å². The van der Waals surface area contributed by atoms with Crippen LogP contribution in [-0.2, 0) is 13.0 Å². The number of nitrogens with zero attached hydrogens (tertiary/aromatic N) is 4. The summed E-state index contributed by atoms with van der Waals surface area (Å²) in [5, 5.41) is 10.1. The summed E-state index contributed by atoms with van der Waals surface area (Å²) in [5.41, 5.74) is 4.22. The topological polar surface area (TPSA) is 66.8 Å². The van der Waals surface area contributed by atoms with E-state index in [1.165, 1.54) is 24.8 Å². The monoisotopic (exact) mass is 377 g/mol. The normalized spacial score (nSPS) is 19.8. The van der Waals surface area contributed by atoms with E-state index in [4.69, 9.17) is 0 Å². The van der Waals surface area contributed by atoms with E-state index >= 15 is 0 Å². The van der Waals surface area contributed by atoms with E-state index in [1.807, 2.05) is 23.1 Å². The molecule has 4 heterocycles. The lowest BCUT2D eigenvalue weighted by Gasteiger charge is -2.25. The molecule has 2 aromatic heterocycles. The fourth-order valence-corrected chi connectivity index (χ4v) is 4.79. The maximum absolute atomic E-state index is 13.4. The highest BCUT2D eigenvalue weighted by Crippen LogP contribution is 2.34. The molecule has 28 heavy (non-hydrogen) atoms. The molecule has 1 amide bonds. The number of rotatable bonds is 2. The maximum atomic E-state index is 13.4. The SMILES string of the molecule is Cc1[nH]c2ccc(C(=O)N3CCCC3c3nnc4n3CCCCC4)cc2c1C. The fraction of sp³-hybridized carbons (Fsp3) is 0.500. The van der Waals surface area contributed by atoms with E-state index in [0.717, 1.165) is 66.2 Å². The van der Waals surface area contributed by atoms with Crippen molar-refractivity contribution in [3.63, 3.8) is 0 Å². The van der Waals surface area contributed by atoms with E-state index in [9.17, 15) is 4.79 Å². The summed E-state index contributed by atoms with van der Waals surface area (Å²) in [6, 6.07) is 6.05. The largest absolute Gasteiger partial charge is 0.358 e. The Kier molecular flexibility index (Phi) is 4.22. The van der Waals surface area contributed by atoms with Gasteiger partial charge in [-0.25, -0.2) is 0 Å². The number of aryl methyl sites for hydroxylation is 3. The molecule has 1 atom stereocenters. The van der Waals surface area contributed by atoms with E-state index in [0.29, 0.717) is 0 Å². The van der Waals surface area contributed by atoms with Gasteiger partial charge < -0.3 is 14.5 Å². The second-order valence-corrected chi connectivity index (χ2v) is 8.23. The van der Waals surface area contributed by atoms with Crippen LogP contribution in [-0.4, -0.2) is 37.1 Å². The highest BCUT2D eigenvalue weighted by atomic mass is 16.2. The van der Waals surface area contributed by atoms with Gasteiger partial charge in [-0.05, 0) is 63.3 Å². The molecule has 1 N–H and O–H groups in total. The minimum absolute atomic E-state index is 0.0385. The second kappa shape index (κ2) is 6.76. The third-order valence-electron chi connectivity index (χ3n) is 6.51. The Morgan fingerprint density at radius 1 is 1.11 bits per heavy atom. The molecule has 0 saturated carbocycles. The summed E-state index contributed by atoms with van der Waals surface area (Å²) in [4.78, 5) is 18.8. The Bertz CT molecular complexity index is 1050. The summed E-state index contributed by atoms with van der Waals surface area (Å²) in [7, 11) is 0. The van der Waals surface area contributed by atoms with Crippen molar-refractivity contribution in [1.82, 2.24) is 24.6 Å². The number of likely N-dealkylation sites (tertiary alicyclic amines) is 1. The highest BCUT2D eigenvalue weighted by Gasteiger charge is 2.35. The molecule has 0 bridgehead atoms. The molecule has 3 aromatic rings. The van der Waals surface area contributed by atoms with Crippen molar-refractivity contribution in [2.75, 3.05) is 6.54 Å². The first-order valence-electron chi connectivity index (χ1n) is 10.5. The van der Waals surface area contributed by atoms with E-state index in [1.54, 1.807) is 0 Å². The number of aromatic amines is 1. The average Bonchev–Trinajstić information content (AvgIpc) is 3.35. The first kappa shape index (κ1) is 17.5. The zero-order valence-electron chi connectivity index (χ0n) is 16.7. The Labute approximate surface area is 164 Å². The van der Waals surface area contributed by atoms with Crippen LogP contribution in [0.15, 0.2) is 18.2 Å². The third-order valence-corrected chi connectivity index (χ3v) is 6.51. The van der Waals surface area contributed by atoms with Crippen LogP contribution in [0.5, 0.6) is 0 Å². The van der Waals surface area contributed by atoms with Crippen LogP contribution in [0.1, 0.15) is 71.4 Å². The molecule has 6 nitrogen and oxygen atoms in total. The number of nitrogens with one attached hydrogen (secondary N) is 1. The lowest BCUT2D eigenvalue weighted by atomic mass is 10.1. The number of aromatic nitrogens is 4. The molecule has 2 aliphatic rings. The molecular formula is C22H27N5O. The predicted molar refractivity (Wildman–Crippen MR) is 108 cm³/mol. The van der Waals surface area contributed by atoms with Crippen LogP contribution < -0.4 is 0 Å². The third kappa shape index (κ3) is 2.74. The molecule has 1 fully saturated rings. The van der Waals surface area contributed by atoms with E-state index in [2.05, 4.69) is 33.6 Å². The van der Waals surface area contributed by atoms with Gasteiger partial charge in [-0.2, -0.15) is 0 Å². The van der Waals surface area contributed by atoms with Crippen molar-refractivity contribution in [1.29, 1.82) is 0 Å². The highest BCUT2D eigenvalue weighted by molar-refractivity contribution is 5.99. The van der Waals surface area contributed by atoms with Crippen LogP contribution in [0.2, 0.25) is 0 Å². The van der Waals surface area contributed by atoms with Gasteiger partial charge in [0.05, 0.1) is 6.04 Å². The Morgan fingerprint density at radius 2 is 2.00 bits per heavy atom. The van der Waals surface area contributed by atoms with E-state index in [-0.39, 0.29) is 11.9 Å². The summed E-state index contributed by atoms with van der Waals surface area (Å²) < 4.78 is 2.28. The van der Waals surface area contributed by atoms with Crippen LogP contribution in [0.4, 0.5) is 0 Å². The molecule has 1 aromatic carbocycles. The van der Waals surface area contributed by atoms with Gasteiger partial charge in [-0.1, -0.05) is 6.42 Å². The van der Waals surface area contributed by atoms with Crippen molar-refractivity contribution < 1.29 is 4.79 Å². The summed E-state index contributed by atoms with van der Waals surface area (Å²) in [6.07, 6.45) is 6.57. The van der Waals surface area contributed by atoms with Gasteiger partial charge in [0, 0.05) is 41.7 Å². The van der Waals surface area contributed by atoms with Gasteiger partial charge >= 0.3 is 0 Å². The molecule has 0 aliphatic carbocycles. The molecule has 2 aliphatic heterocycles. The smallest absolute Gasteiger partial charge is 0.254 e. The summed E-state index contributed by atoms with van der Waals surface area (Å²) in [5.74, 6) is 2.18. The molecule has 6 heteroatoms. The second-order valence-electron chi connectivity index (χ2n) is 8.23. The Hall–Kier alpha value is -2.63. The van der Waals surface area contributed by atoms with E-state index < -0.39 is 0 Å². The first-order valence-corrected chi connectivity index (χ1v) is 10.5. The van der Waals surface area contributed by atoms with Crippen LogP contribution in [0.25, 0.3) is 10.9 Å². The number of carbonyl (C=O) groups is 1. The quantitative estimate of drug-likeness (QED) is 0.732. The lowest BCUT2D eigenvalue weighted by molar-refractivity contribution is 0.0727. The zero-order chi connectivity index (χ0) is 19.3. The Balaban J connectivity index is 1.48. The molecular weight excluding hydrogens is 350 g/mol. The molecule has 5 rings (SSSR count). The molecule has 1 unspecified atom stereocenters. The van der Waals surface area contributed by atoms with Gasteiger partial charge in [0.15, 0.2) is 5.82 Å². The van der Waals surface area contributed by atoms with Crippen LogP contribution >= 0.6 is 0 Å². The maximum Gasteiger partial charge on any atom is 0.254 e. The number of carbonyl (C=O) groups excluding carboxylic acids is 1. The minimum atomic E-state index is 0.0385. The Morgan fingerprint density at radius 3 is 2.89 bits per heavy atom. The standard InChI is InChI=1S/C22H27N5O/c1-14-15(2)23-18-10-9-16(13-17(14)18)22(28)26-12-6-7-19(26)21-25-24-20-8-4-3-5-11-27(20)21/h9-10,13,19,23H,3-8,11-12H2,1-2H3.